The SMILES string of the molecule is CN(C)C(=NCc1ccnc(N(C)C)n1)N(C)C. The van der Waals surface area contributed by atoms with Crippen LogP contribution in [0.15, 0.2) is 17.3 Å². The van der Waals surface area contributed by atoms with Gasteiger partial charge >= 0.3 is 0 Å². The Balaban J connectivity index is 2.84. The largest absolute Gasteiger partial charge is 0.349 e. The number of nitrogens with zero attached hydrogens (tertiary/aromatic N) is 6. The molecular weight excluding hydrogens is 228 g/mol. The van der Waals surface area contributed by atoms with Crippen molar-refractivity contribution in [1.82, 2.24) is 19.8 Å². The van der Waals surface area contributed by atoms with E-state index in [4.69, 9.17) is 0 Å². The first-order valence-electron chi connectivity index (χ1n) is 5.80. The van der Waals surface area contributed by atoms with Crippen molar-refractivity contribution in [3.8, 4) is 0 Å². The van der Waals surface area contributed by atoms with E-state index >= 15 is 0 Å². The van der Waals surface area contributed by atoms with Gasteiger partial charge in [-0.3, -0.25) is 0 Å². The van der Waals surface area contributed by atoms with Crippen LogP contribution in [-0.2, 0) is 6.54 Å². The summed E-state index contributed by atoms with van der Waals surface area (Å²) in [6.07, 6.45) is 1.76. The van der Waals surface area contributed by atoms with Crippen molar-refractivity contribution in [2.75, 3.05) is 47.2 Å². The maximum atomic E-state index is 4.55. The number of rotatable bonds is 3. The lowest BCUT2D eigenvalue weighted by Crippen LogP contribution is -2.35. The summed E-state index contributed by atoms with van der Waals surface area (Å²) in [7, 11) is 11.8. The highest BCUT2D eigenvalue weighted by molar-refractivity contribution is 5.79. The second-order valence-corrected chi connectivity index (χ2v) is 4.65. The lowest BCUT2D eigenvalue weighted by atomic mass is 10.4. The molecule has 1 aromatic rings. The van der Waals surface area contributed by atoms with Crippen molar-refractivity contribution in [2.45, 2.75) is 6.54 Å². The predicted molar refractivity (Wildman–Crippen MR) is 74.9 cm³/mol. The molecule has 0 N–H and O–H groups in total. The minimum atomic E-state index is 0.551. The van der Waals surface area contributed by atoms with Gasteiger partial charge in [0.15, 0.2) is 5.96 Å². The second kappa shape index (κ2) is 6.18. The van der Waals surface area contributed by atoms with Crippen molar-refractivity contribution >= 4 is 11.9 Å². The summed E-state index contributed by atoms with van der Waals surface area (Å²) in [6, 6.07) is 1.89. The van der Waals surface area contributed by atoms with E-state index in [-0.39, 0.29) is 0 Å². The van der Waals surface area contributed by atoms with Crippen molar-refractivity contribution in [3.05, 3.63) is 18.0 Å². The van der Waals surface area contributed by atoms with E-state index < -0.39 is 0 Å². The highest BCUT2D eigenvalue weighted by atomic mass is 15.3. The van der Waals surface area contributed by atoms with Gasteiger partial charge in [-0.1, -0.05) is 0 Å². The Labute approximate surface area is 109 Å². The van der Waals surface area contributed by atoms with Crippen molar-refractivity contribution in [3.63, 3.8) is 0 Å². The van der Waals surface area contributed by atoms with E-state index in [9.17, 15) is 0 Å². The van der Waals surface area contributed by atoms with Crippen molar-refractivity contribution < 1.29 is 0 Å². The van der Waals surface area contributed by atoms with Crippen LogP contribution in [0.25, 0.3) is 0 Å². The van der Waals surface area contributed by atoms with Crippen LogP contribution in [0.3, 0.4) is 0 Å². The summed E-state index contributed by atoms with van der Waals surface area (Å²) in [5, 5.41) is 0. The molecule has 0 amide bonds. The van der Waals surface area contributed by atoms with Gasteiger partial charge in [-0.25, -0.2) is 15.0 Å². The summed E-state index contributed by atoms with van der Waals surface area (Å²) in [5.74, 6) is 1.62. The Morgan fingerprint density at radius 1 is 1.11 bits per heavy atom. The zero-order valence-electron chi connectivity index (χ0n) is 12.0. The molecular formula is C12H22N6. The van der Waals surface area contributed by atoms with E-state index in [0.717, 1.165) is 11.7 Å². The van der Waals surface area contributed by atoms with Gasteiger partial charge in [0.2, 0.25) is 5.95 Å². The number of hydrogen-bond acceptors (Lipinski definition) is 4. The molecule has 0 aliphatic rings. The van der Waals surface area contributed by atoms with Crippen LogP contribution in [0.1, 0.15) is 5.69 Å². The van der Waals surface area contributed by atoms with Crippen LogP contribution in [0.2, 0.25) is 0 Å². The first-order valence-corrected chi connectivity index (χ1v) is 5.80. The standard InChI is InChI=1S/C12H22N6/c1-16(2)11-13-8-7-10(15-11)9-14-12(17(3)4)18(5)6/h7-8H,9H2,1-6H3. The number of hydrogen-bond donors (Lipinski definition) is 0. The minimum Gasteiger partial charge on any atom is -0.349 e. The average Bonchev–Trinajstić information content (AvgIpc) is 2.28. The fraction of sp³-hybridized carbons (Fsp3) is 0.583. The van der Waals surface area contributed by atoms with Gasteiger partial charge in [-0.05, 0) is 6.07 Å². The third-order valence-electron chi connectivity index (χ3n) is 2.28. The summed E-state index contributed by atoms with van der Waals surface area (Å²) in [5.41, 5.74) is 0.912. The fourth-order valence-electron chi connectivity index (χ4n) is 1.52. The molecule has 0 aliphatic carbocycles. The lowest BCUT2D eigenvalue weighted by Gasteiger charge is -2.22. The lowest BCUT2D eigenvalue weighted by molar-refractivity contribution is 0.479. The molecule has 6 heteroatoms. The molecule has 0 aromatic carbocycles. The van der Waals surface area contributed by atoms with Crippen LogP contribution in [-0.4, -0.2) is 68.0 Å². The molecule has 0 radical (unpaired) electrons. The maximum Gasteiger partial charge on any atom is 0.225 e. The quantitative estimate of drug-likeness (QED) is 0.578. The predicted octanol–water partition coefficient (Wildman–Crippen LogP) is 0.522. The zero-order valence-corrected chi connectivity index (χ0v) is 12.0. The molecule has 0 saturated heterocycles. The molecule has 0 fully saturated rings. The number of anilines is 1. The topological polar surface area (TPSA) is 47.9 Å². The number of aromatic nitrogens is 2. The van der Waals surface area contributed by atoms with E-state index in [1.165, 1.54) is 0 Å². The van der Waals surface area contributed by atoms with Crippen LogP contribution >= 0.6 is 0 Å². The van der Waals surface area contributed by atoms with Gasteiger partial charge in [0.1, 0.15) is 0 Å². The van der Waals surface area contributed by atoms with Gasteiger partial charge < -0.3 is 14.7 Å². The van der Waals surface area contributed by atoms with Gasteiger partial charge in [0, 0.05) is 48.5 Å². The summed E-state index contributed by atoms with van der Waals surface area (Å²) < 4.78 is 0. The van der Waals surface area contributed by atoms with Gasteiger partial charge in [0.05, 0.1) is 12.2 Å². The zero-order chi connectivity index (χ0) is 13.7. The van der Waals surface area contributed by atoms with Crippen LogP contribution in [0, 0.1) is 0 Å². The van der Waals surface area contributed by atoms with Crippen LogP contribution in [0.5, 0.6) is 0 Å². The highest BCUT2D eigenvalue weighted by Crippen LogP contribution is 2.05. The van der Waals surface area contributed by atoms with Gasteiger partial charge in [-0.15, -0.1) is 0 Å². The Bertz CT molecular complexity index is 401. The molecule has 0 aliphatic heterocycles. The van der Waals surface area contributed by atoms with E-state index in [0.29, 0.717) is 12.5 Å². The molecule has 1 rings (SSSR count). The second-order valence-electron chi connectivity index (χ2n) is 4.65. The Morgan fingerprint density at radius 3 is 2.22 bits per heavy atom. The van der Waals surface area contributed by atoms with E-state index in [2.05, 4.69) is 15.0 Å². The molecule has 0 unspecified atom stereocenters. The number of guanidine groups is 1. The van der Waals surface area contributed by atoms with Crippen LogP contribution in [0.4, 0.5) is 5.95 Å². The molecule has 1 aromatic heterocycles. The first kappa shape index (κ1) is 14.2. The Morgan fingerprint density at radius 2 is 1.72 bits per heavy atom. The summed E-state index contributed by atoms with van der Waals surface area (Å²) in [6.45, 7) is 0.551. The third kappa shape index (κ3) is 3.87. The summed E-state index contributed by atoms with van der Waals surface area (Å²) >= 11 is 0. The van der Waals surface area contributed by atoms with Crippen LogP contribution < -0.4 is 4.90 Å². The normalized spacial score (nSPS) is 9.89. The Kier molecular flexibility index (Phi) is 4.88. The molecule has 0 saturated carbocycles. The maximum absolute atomic E-state index is 4.55. The van der Waals surface area contributed by atoms with E-state index in [1.807, 2.05) is 63.1 Å². The summed E-state index contributed by atoms with van der Waals surface area (Å²) in [4.78, 5) is 19.0. The molecule has 1 heterocycles. The first-order chi connectivity index (χ1) is 8.41. The number of aliphatic imine (C=N–C) groups is 1. The van der Waals surface area contributed by atoms with Gasteiger partial charge in [-0.2, -0.15) is 0 Å². The average molecular weight is 250 g/mol. The Hall–Kier alpha value is -1.85. The molecule has 0 spiro atoms. The molecule has 18 heavy (non-hydrogen) atoms. The fourth-order valence-corrected chi connectivity index (χ4v) is 1.52. The molecule has 0 bridgehead atoms. The molecule has 100 valence electrons. The molecule has 0 atom stereocenters. The highest BCUT2D eigenvalue weighted by Gasteiger charge is 2.05. The monoisotopic (exact) mass is 250 g/mol. The third-order valence-corrected chi connectivity index (χ3v) is 2.28. The van der Waals surface area contributed by atoms with Crippen molar-refractivity contribution in [1.29, 1.82) is 0 Å². The van der Waals surface area contributed by atoms with E-state index in [1.54, 1.807) is 6.20 Å². The van der Waals surface area contributed by atoms with Crippen molar-refractivity contribution in [2.24, 2.45) is 4.99 Å². The van der Waals surface area contributed by atoms with Gasteiger partial charge in [0.25, 0.3) is 0 Å². The minimum absolute atomic E-state index is 0.551. The smallest absolute Gasteiger partial charge is 0.225 e. The molecule has 6 nitrogen and oxygen atoms in total.